The molecule has 2 aromatic carbocycles. The van der Waals surface area contributed by atoms with Gasteiger partial charge in [0.25, 0.3) is 11.8 Å². The maximum absolute atomic E-state index is 14.2. The Morgan fingerprint density at radius 3 is 2.69 bits per heavy atom. The summed E-state index contributed by atoms with van der Waals surface area (Å²) in [5.74, 6) is -0.236. The first-order valence-corrected chi connectivity index (χ1v) is 15.1. The van der Waals surface area contributed by atoms with E-state index in [4.69, 9.17) is 4.98 Å². The summed E-state index contributed by atoms with van der Waals surface area (Å²) in [6.45, 7) is 6.07. The highest BCUT2D eigenvalue weighted by Crippen LogP contribution is 2.44. The van der Waals surface area contributed by atoms with Crippen LogP contribution < -0.4 is 10.2 Å². The minimum Gasteiger partial charge on any atom is -0.350 e. The van der Waals surface area contributed by atoms with E-state index in [1.54, 1.807) is 17.6 Å². The van der Waals surface area contributed by atoms with Crippen molar-refractivity contribution in [3.05, 3.63) is 65.0 Å². The van der Waals surface area contributed by atoms with Gasteiger partial charge in [0.1, 0.15) is 11.5 Å². The summed E-state index contributed by atoms with van der Waals surface area (Å²) < 4.78 is 14.6. The van der Waals surface area contributed by atoms with Gasteiger partial charge in [-0.05, 0) is 68.9 Å². The average molecular weight is 564 g/mol. The van der Waals surface area contributed by atoms with Crippen LogP contribution in [0.5, 0.6) is 0 Å². The highest BCUT2D eigenvalue weighted by atomic mass is 32.1. The number of piperidine rings is 1. The molecular weight excluding hydrogens is 533 g/mol. The zero-order valence-electron chi connectivity index (χ0n) is 21.9. The van der Waals surface area contributed by atoms with Gasteiger partial charge in [-0.15, -0.1) is 11.3 Å². The number of nitrogens with zero attached hydrogens (tertiary/aromatic N) is 4. The van der Waals surface area contributed by atoms with E-state index in [2.05, 4.69) is 29.0 Å². The Balaban J connectivity index is 1.29. The Kier molecular flexibility index (Phi) is 7.07. The number of aromatic nitrogens is 2. The van der Waals surface area contributed by atoms with E-state index in [9.17, 15) is 14.0 Å². The molecule has 1 N–H and O–H groups in total. The molecule has 3 heterocycles. The van der Waals surface area contributed by atoms with Crippen molar-refractivity contribution in [2.75, 3.05) is 24.5 Å². The van der Waals surface area contributed by atoms with Crippen LogP contribution in [0, 0.1) is 11.7 Å². The number of carbonyl (C=O) groups is 2. The van der Waals surface area contributed by atoms with Crippen LogP contribution in [0.2, 0.25) is 0 Å². The van der Waals surface area contributed by atoms with Crippen LogP contribution in [0.1, 0.15) is 54.0 Å². The highest BCUT2D eigenvalue weighted by molar-refractivity contribution is 7.19. The third-order valence-corrected chi connectivity index (χ3v) is 10.0. The first-order chi connectivity index (χ1) is 19.0. The SMILES string of the molecule is CCN(CC)c1nc(C(=O)N2[C@H]3CC[C@H](C3)[C@@H]2CNC(=O)c2cccc3ncsc23)c(-c2ccc(F)cc2)s1. The lowest BCUT2D eigenvalue weighted by Gasteiger charge is -2.35. The van der Waals surface area contributed by atoms with E-state index >= 15 is 0 Å². The third-order valence-electron chi connectivity index (χ3n) is 8.01. The summed E-state index contributed by atoms with van der Waals surface area (Å²) in [5, 5.41) is 3.90. The van der Waals surface area contributed by atoms with Crippen LogP contribution in [0.4, 0.5) is 9.52 Å². The summed E-state index contributed by atoms with van der Waals surface area (Å²) in [4.78, 5) is 41.4. The van der Waals surface area contributed by atoms with E-state index in [1.165, 1.54) is 34.8 Å². The maximum atomic E-state index is 14.2. The second kappa shape index (κ2) is 10.7. The summed E-state index contributed by atoms with van der Waals surface area (Å²) in [5.41, 5.74) is 4.36. The predicted octanol–water partition coefficient (Wildman–Crippen LogP) is 5.83. The number of hydrogen-bond acceptors (Lipinski definition) is 7. The first-order valence-electron chi connectivity index (χ1n) is 13.4. The van der Waals surface area contributed by atoms with Gasteiger partial charge in [-0.1, -0.05) is 29.5 Å². The molecule has 0 radical (unpaired) electrons. The zero-order chi connectivity index (χ0) is 27.1. The number of likely N-dealkylation sites (tertiary alicyclic amines) is 1. The molecular formula is C29H30FN5O2S2. The average Bonchev–Trinajstić information content (AvgIpc) is 3.76. The monoisotopic (exact) mass is 563 g/mol. The molecule has 4 aromatic rings. The quantitative estimate of drug-likeness (QED) is 0.292. The number of benzene rings is 2. The van der Waals surface area contributed by atoms with Crippen molar-refractivity contribution in [1.82, 2.24) is 20.2 Å². The summed E-state index contributed by atoms with van der Waals surface area (Å²) in [7, 11) is 0. The molecule has 1 aliphatic heterocycles. The Labute approximate surface area is 234 Å². The number of halogens is 1. The Morgan fingerprint density at radius 1 is 1.13 bits per heavy atom. The summed E-state index contributed by atoms with van der Waals surface area (Å²) in [6, 6.07) is 11.8. The maximum Gasteiger partial charge on any atom is 0.274 e. The Bertz CT molecular complexity index is 1510. The van der Waals surface area contributed by atoms with Crippen molar-refractivity contribution >= 4 is 49.8 Å². The lowest BCUT2D eigenvalue weighted by atomic mass is 9.98. The minimum atomic E-state index is -0.318. The number of thiazole rings is 2. The highest BCUT2D eigenvalue weighted by Gasteiger charge is 2.49. The molecule has 1 saturated carbocycles. The second-order valence-electron chi connectivity index (χ2n) is 10.1. The molecule has 39 heavy (non-hydrogen) atoms. The topological polar surface area (TPSA) is 78.4 Å². The van der Waals surface area contributed by atoms with Crippen LogP contribution in [0.15, 0.2) is 48.0 Å². The molecule has 2 aromatic heterocycles. The molecule has 2 aliphatic rings. The molecule has 2 fully saturated rings. The fourth-order valence-electron chi connectivity index (χ4n) is 6.03. The second-order valence-corrected chi connectivity index (χ2v) is 11.9. The molecule has 3 atom stereocenters. The standard InChI is InChI=1S/C29H30FN5O2S2/c1-3-34(4-2)29-33-24(25(39-29)17-8-11-19(30)12-9-17)28(37)35-20-13-10-18(14-20)23(35)15-31-27(36)21-6-5-7-22-26(21)38-16-32-22/h5-9,11-12,16,18,20,23H,3-4,10,13-15H2,1-2H3,(H,31,36)/t18-,20+,23+/m1/s1. The number of hydrogen-bond donors (Lipinski definition) is 1. The zero-order valence-corrected chi connectivity index (χ0v) is 23.5. The van der Waals surface area contributed by atoms with Gasteiger partial charge in [0, 0.05) is 25.7 Å². The number of anilines is 1. The van der Waals surface area contributed by atoms with Gasteiger partial charge in [0.15, 0.2) is 5.13 Å². The smallest absolute Gasteiger partial charge is 0.274 e. The number of amides is 2. The molecule has 7 nitrogen and oxygen atoms in total. The normalized spacial score (nSPS) is 20.1. The fourth-order valence-corrected chi connectivity index (χ4v) is 8.02. The molecule has 1 aliphatic carbocycles. The Morgan fingerprint density at radius 2 is 1.92 bits per heavy atom. The van der Waals surface area contributed by atoms with Gasteiger partial charge in [-0.3, -0.25) is 9.59 Å². The first kappa shape index (κ1) is 25.9. The molecule has 0 spiro atoms. The third kappa shape index (κ3) is 4.69. The van der Waals surface area contributed by atoms with Crippen molar-refractivity contribution in [2.24, 2.45) is 5.92 Å². The lowest BCUT2D eigenvalue weighted by Crippen LogP contribution is -2.50. The van der Waals surface area contributed by atoms with E-state index in [-0.39, 0.29) is 29.7 Å². The van der Waals surface area contributed by atoms with Crippen molar-refractivity contribution in [3.8, 4) is 10.4 Å². The number of carbonyl (C=O) groups excluding carboxylic acids is 2. The van der Waals surface area contributed by atoms with E-state index in [0.29, 0.717) is 23.7 Å². The Hall–Kier alpha value is -3.37. The van der Waals surface area contributed by atoms with Crippen molar-refractivity contribution in [3.63, 3.8) is 0 Å². The van der Waals surface area contributed by atoms with Crippen LogP contribution in [0.25, 0.3) is 20.7 Å². The number of fused-ring (bicyclic) bond motifs is 3. The summed E-state index contributed by atoms with van der Waals surface area (Å²) >= 11 is 2.92. The molecule has 2 bridgehead atoms. The molecule has 202 valence electrons. The summed E-state index contributed by atoms with van der Waals surface area (Å²) in [6.07, 6.45) is 2.95. The van der Waals surface area contributed by atoms with E-state index in [0.717, 1.165) is 58.1 Å². The molecule has 1 saturated heterocycles. The van der Waals surface area contributed by atoms with Crippen LogP contribution in [-0.4, -0.2) is 58.4 Å². The predicted molar refractivity (Wildman–Crippen MR) is 154 cm³/mol. The number of rotatable bonds is 8. The lowest BCUT2D eigenvalue weighted by molar-refractivity contribution is 0.0578. The van der Waals surface area contributed by atoms with Crippen LogP contribution in [0.3, 0.4) is 0 Å². The van der Waals surface area contributed by atoms with Crippen molar-refractivity contribution in [1.29, 1.82) is 0 Å². The van der Waals surface area contributed by atoms with Gasteiger partial charge in [-0.25, -0.2) is 14.4 Å². The fraction of sp³-hybridized carbons (Fsp3) is 0.379. The van der Waals surface area contributed by atoms with Gasteiger partial charge in [0.2, 0.25) is 0 Å². The molecule has 2 amide bonds. The van der Waals surface area contributed by atoms with E-state index in [1.807, 2.05) is 23.1 Å². The molecule has 6 rings (SSSR count). The molecule has 10 heteroatoms. The van der Waals surface area contributed by atoms with Crippen LogP contribution >= 0.6 is 22.7 Å². The van der Waals surface area contributed by atoms with Gasteiger partial charge >= 0.3 is 0 Å². The van der Waals surface area contributed by atoms with Crippen LogP contribution in [-0.2, 0) is 0 Å². The molecule has 0 unspecified atom stereocenters. The van der Waals surface area contributed by atoms with Crippen molar-refractivity contribution in [2.45, 2.75) is 45.2 Å². The minimum absolute atomic E-state index is 0.0967. The van der Waals surface area contributed by atoms with Gasteiger partial charge in [0.05, 0.1) is 32.2 Å². The van der Waals surface area contributed by atoms with Crippen molar-refractivity contribution < 1.29 is 14.0 Å². The van der Waals surface area contributed by atoms with E-state index < -0.39 is 0 Å². The van der Waals surface area contributed by atoms with Gasteiger partial charge in [-0.2, -0.15) is 0 Å². The van der Waals surface area contributed by atoms with Gasteiger partial charge < -0.3 is 15.1 Å². The largest absolute Gasteiger partial charge is 0.350 e. The number of nitrogens with one attached hydrogen (secondary N) is 1.